The smallest absolute Gasteiger partial charge is 0.266 e. The molecule has 0 aliphatic heterocycles. The van der Waals surface area contributed by atoms with E-state index in [9.17, 15) is 5.11 Å². The van der Waals surface area contributed by atoms with Crippen LogP contribution >= 0.6 is 0 Å². The Kier molecular flexibility index (Phi) is 3.94. The minimum atomic E-state index is -0.872. The van der Waals surface area contributed by atoms with Crippen LogP contribution in [-0.2, 0) is 0 Å². The second-order valence-corrected chi connectivity index (χ2v) is 3.92. The Balaban J connectivity index is 2.20. The van der Waals surface area contributed by atoms with Crippen molar-refractivity contribution in [3.05, 3.63) is 41.8 Å². The highest BCUT2D eigenvalue weighted by Crippen LogP contribution is 2.21. The fourth-order valence-electron chi connectivity index (χ4n) is 1.75. The van der Waals surface area contributed by atoms with E-state index in [1.807, 2.05) is 49.1 Å². The van der Waals surface area contributed by atoms with Gasteiger partial charge in [0.25, 0.3) is 11.8 Å². The van der Waals surface area contributed by atoms with Crippen LogP contribution in [0.5, 0.6) is 0 Å². The van der Waals surface area contributed by atoms with Crippen LogP contribution < -0.4 is 4.90 Å². The third kappa shape index (κ3) is 2.51. The van der Waals surface area contributed by atoms with Crippen molar-refractivity contribution in [2.75, 3.05) is 18.0 Å². The molecule has 5 nitrogen and oxygen atoms in total. The normalized spacial score (nSPS) is 12.4. The van der Waals surface area contributed by atoms with Crippen molar-refractivity contribution in [1.82, 2.24) is 10.1 Å². The molecule has 0 fully saturated rings. The number of rotatable bonds is 5. The summed E-state index contributed by atoms with van der Waals surface area (Å²) in [5, 5.41) is 14.0. The molecule has 1 aromatic heterocycles. The number of hydrogen-bond acceptors (Lipinski definition) is 5. The predicted molar refractivity (Wildman–Crippen MR) is 68.4 cm³/mol. The first-order valence-corrected chi connectivity index (χ1v) is 6.07. The average Bonchev–Trinajstić information content (AvgIpc) is 2.90. The third-order valence-electron chi connectivity index (χ3n) is 2.83. The second-order valence-electron chi connectivity index (χ2n) is 3.92. The van der Waals surface area contributed by atoms with Gasteiger partial charge < -0.3 is 14.5 Å². The highest BCUT2D eigenvalue weighted by molar-refractivity contribution is 5.29. The fraction of sp³-hybridized carbons (Fsp3) is 0.385. The summed E-state index contributed by atoms with van der Waals surface area (Å²) in [7, 11) is 0. The summed E-state index contributed by atoms with van der Waals surface area (Å²) in [6, 6.07) is 9.27. The zero-order chi connectivity index (χ0) is 13.0. The molecule has 0 spiro atoms. The number of aliphatic hydroxyl groups is 1. The number of benzene rings is 1. The van der Waals surface area contributed by atoms with Gasteiger partial charge in [0, 0.05) is 13.1 Å². The minimum absolute atomic E-state index is 0.225. The van der Waals surface area contributed by atoms with Crippen molar-refractivity contribution in [3.8, 4) is 0 Å². The molecular formula is C13H17N3O2. The van der Waals surface area contributed by atoms with Gasteiger partial charge in [-0.25, -0.2) is 0 Å². The standard InChI is InChI=1S/C13H17N3O2/c1-3-16(4-2)13-14-12(18-15-13)11(17)10-8-6-5-7-9-10/h5-9,11,17H,3-4H2,1-2H3. The summed E-state index contributed by atoms with van der Waals surface area (Å²) in [5.74, 6) is 0.744. The van der Waals surface area contributed by atoms with Crippen LogP contribution in [0.25, 0.3) is 0 Å². The van der Waals surface area contributed by atoms with E-state index in [-0.39, 0.29) is 5.89 Å². The van der Waals surface area contributed by atoms with Gasteiger partial charge in [-0.2, -0.15) is 4.98 Å². The van der Waals surface area contributed by atoms with E-state index in [1.54, 1.807) is 0 Å². The van der Waals surface area contributed by atoms with E-state index in [4.69, 9.17) is 4.52 Å². The number of hydrogen-bond donors (Lipinski definition) is 1. The maximum absolute atomic E-state index is 10.1. The Morgan fingerprint density at radius 1 is 1.22 bits per heavy atom. The molecule has 1 heterocycles. The first-order chi connectivity index (χ1) is 8.76. The quantitative estimate of drug-likeness (QED) is 0.875. The molecule has 2 aromatic rings. The lowest BCUT2D eigenvalue weighted by Gasteiger charge is -2.14. The number of aromatic nitrogens is 2. The van der Waals surface area contributed by atoms with Gasteiger partial charge in [0.1, 0.15) is 0 Å². The average molecular weight is 247 g/mol. The molecule has 0 aliphatic rings. The zero-order valence-corrected chi connectivity index (χ0v) is 10.6. The van der Waals surface area contributed by atoms with Crippen LogP contribution in [-0.4, -0.2) is 28.3 Å². The number of anilines is 1. The van der Waals surface area contributed by atoms with Crippen molar-refractivity contribution in [2.24, 2.45) is 0 Å². The molecule has 2 rings (SSSR count). The Bertz CT molecular complexity index is 480. The van der Waals surface area contributed by atoms with E-state index in [0.717, 1.165) is 18.7 Å². The molecule has 18 heavy (non-hydrogen) atoms. The van der Waals surface area contributed by atoms with Gasteiger partial charge in [0.05, 0.1) is 0 Å². The molecule has 0 amide bonds. The van der Waals surface area contributed by atoms with E-state index >= 15 is 0 Å². The summed E-state index contributed by atoms with van der Waals surface area (Å²) in [5.41, 5.74) is 0.743. The Morgan fingerprint density at radius 2 is 1.89 bits per heavy atom. The van der Waals surface area contributed by atoms with Gasteiger partial charge in [0.2, 0.25) is 0 Å². The molecule has 0 bridgehead atoms. The molecular weight excluding hydrogens is 230 g/mol. The Hall–Kier alpha value is -1.88. The van der Waals surface area contributed by atoms with Gasteiger partial charge in [-0.15, -0.1) is 0 Å². The van der Waals surface area contributed by atoms with Crippen molar-refractivity contribution in [1.29, 1.82) is 0 Å². The van der Waals surface area contributed by atoms with E-state index in [0.29, 0.717) is 5.95 Å². The molecule has 0 radical (unpaired) electrons. The molecule has 0 saturated carbocycles. The number of aliphatic hydroxyl groups excluding tert-OH is 1. The first kappa shape index (κ1) is 12.6. The van der Waals surface area contributed by atoms with E-state index in [1.165, 1.54) is 0 Å². The molecule has 96 valence electrons. The van der Waals surface area contributed by atoms with Crippen LogP contribution in [0.2, 0.25) is 0 Å². The highest BCUT2D eigenvalue weighted by atomic mass is 16.5. The monoisotopic (exact) mass is 247 g/mol. The van der Waals surface area contributed by atoms with Crippen molar-refractivity contribution < 1.29 is 9.63 Å². The first-order valence-electron chi connectivity index (χ1n) is 6.07. The summed E-state index contributed by atoms with van der Waals surface area (Å²) >= 11 is 0. The zero-order valence-electron chi connectivity index (χ0n) is 10.6. The van der Waals surface area contributed by atoms with Gasteiger partial charge in [-0.05, 0) is 24.6 Å². The van der Waals surface area contributed by atoms with Crippen molar-refractivity contribution >= 4 is 5.95 Å². The highest BCUT2D eigenvalue weighted by Gasteiger charge is 2.19. The lowest BCUT2D eigenvalue weighted by atomic mass is 10.1. The van der Waals surface area contributed by atoms with Gasteiger partial charge in [-0.3, -0.25) is 0 Å². The van der Waals surface area contributed by atoms with E-state index < -0.39 is 6.10 Å². The molecule has 1 aromatic carbocycles. The molecule has 1 unspecified atom stereocenters. The molecule has 1 N–H and O–H groups in total. The lowest BCUT2D eigenvalue weighted by Crippen LogP contribution is -2.23. The molecule has 5 heteroatoms. The summed E-state index contributed by atoms with van der Waals surface area (Å²) < 4.78 is 5.11. The fourth-order valence-corrected chi connectivity index (χ4v) is 1.75. The minimum Gasteiger partial charge on any atom is -0.378 e. The summed E-state index contributed by atoms with van der Waals surface area (Å²) in [6.07, 6.45) is -0.872. The van der Waals surface area contributed by atoms with E-state index in [2.05, 4.69) is 10.1 Å². The topological polar surface area (TPSA) is 62.4 Å². The molecule has 1 atom stereocenters. The van der Waals surface area contributed by atoms with Crippen molar-refractivity contribution in [2.45, 2.75) is 20.0 Å². The second kappa shape index (κ2) is 5.64. The summed E-state index contributed by atoms with van der Waals surface area (Å²) in [4.78, 5) is 6.19. The third-order valence-corrected chi connectivity index (χ3v) is 2.83. The predicted octanol–water partition coefficient (Wildman–Crippen LogP) is 2.00. The molecule has 0 saturated heterocycles. The van der Waals surface area contributed by atoms with Crippen LogP contribution in [0.4, 0.5) is 5.95 Å². The van der Waals surface area contributed by atoms with Crippen LogP contribution in [0, 0.1) is 0 Å². The van der Waals surface area contributed by atoms with Gasteiger partial charge in [0.15, 0.2) is 6.10 Å². The van der Waals surface area contributed by atoms with Gasteiger partial charge in [-0.1, -0.05) is 30.3 Å². The Morgan fingerprint density at radius 3 is 2.50 bits per heavy atom. The SMILES string of the molecule is CCN(CC)c1noc(C(O)c2ccccc2)n1. The maximum Gasteiger partial charge on any atom is 0.266 e. The Labute approximate surface area is 106 Å². The largest absolute Gasteiger partial charge is 0.378 e. The van der Waals surface area contributed by atoms with Crippen LogP contribution in [0.1, 0.15) is 31.4 Å². The van der Waals surface area contributed by atoms with Gasteiger partial charge >= 0.3 is 0 Å². The number of nitrogens with zero attached hydrogens (tertiary/aromatic N) is 3. The summed E-state index contributed by atoms with van der Waals surface area (Å²) in [6.45, 7) is 5.65. The molecule has 0 aliphatic carbocycles. The van der Waals surface area contributed by atoms with Crippen LogP contribution in [0.3, 0.4) is 0 Å². The lowest BCUT2D eigenvalue weighted by molar-refractivity contribution is 0.170. The maximum atomic E-state index is 10.1. The van der Waals surface area contributed by atoms with Crippen LogP contribution in [0.15, 0.2) is 34.9 Å². The van der Waals surface area contributed by atoms with Crippen molar-refractivity contribution in [3.63, 3.8) is 0 Å².